The van der Waals surface area contributed by atoms with Gasteiger partial charge in [0.05, 0.1) is 5.01 Å². The molecule has 0 aliphatic heterocycles. The molecule has 0 spiro atoms. The number of aromatic nitrogens is 1. The Labute approximate surface area is 98.8 Å². The first-order chi connectivity index (χ1) is 7.79. The fourth-order valence-electron chi connectivity index (χ4n) is 1.86. The number of nitrogens with two attached hydrogens (primary N) is 1. The molecule has 0 bridgehead atoms. The van der Waals surface area contributed by atoms with Gasteiger partial charge in [0.25, 0.3) is 0 Å². The summed E-state index contributed by atoms with van der Waals surface area (Å²) < 4.78 is 5.36. The van der Waals surface area contributed by atoms with Gasteiger partial charge in [0.1, 0.15) is 6.10 Å². The van der Waals surface area contributed by atoms with Crippen molar-refractivity contribution in [1.29, 1.82) is 0 Å². The van der Waals surface area contributed by atoms with Crippen molar-refractivity contribution in [2.45, 2.75) is 38.2 Å². The van der Waals surface area contributed by atoms with E-state index in [0.717, 1.165) is 37.1 Å². The maximum Gasteiger partial charge on any atom is 0.358 e. The molecular weight excluding hydrogens is 224 g/mol. The molecule has 0 amide bonds. The van der Waals surface area contributed by atoms with Crippen LogP contribution in [0.25, 0.3) is 0 Å². The Hall–Kier alpha value is -0.940. The molecule has 0 atom stereocenters. The number of rotatable bonds is 4. The van der Waals surface area contributed by atoms with Crippen LogP contribution in [0.4, 0.5) is 0 Å². The zero-order valence-corrected chi connectivity index (χ0v) is 9.96. The highest BCUT2D eigenvalue weighted by atomic mass is 32.1. The SMILES string of the molecule is NCCc1nc(C(=O)OC2CCCC2)cs1. The Morgan fingerprint density at radius 1 is 1.56 bits per heavy atom. The number of nitrogens with zero attached hydrogens (tertiary/aromatic N) is 1. The van der Waals surface area contributed by atoms with Crippen LogP contribution in [-0.4, -0.2) is 23.6 Å². The first-order valence-corrected chi connectivity index (χ1v) is 6.53. The predicted molar refractivity (Wildman–Crippen MR) is 62.5 cm³/mol. The summed E-state index contributed by atoms with van der Waals surface area (Å²) >= 11 is 1.47. The van der Waals surface area contributed by atoms with Crippen molar-refractivity contribution < 1.29 is 9.53 Å². The molecule has 1 aromatic heterocycles. The molecule has 0 aromatic carbocycles. The smallest absolute Gasteiger partial charge is 0.358 e. The lowest BCUT2D eigenvalue weighted by atomic mass is 10.3. The van der Waals surface area contributed by atoms with Gasteiger partial charge in [-0.3, -0.25) is 0 Å². The van der Waals surface area contributed by atoms with Gasteiger partial charge in [-0.2, -0.15) is 0 Å². The average Bonchev–Trinajstić information content (AvgIpc) is 2.89. The van der Waals surface area contributed by atoms with E-state index in [0.29, 0.717) is 12.2 Å². The number of ether oxygens (including phenoxy) is 1. The fourth-order valence-corrected chi connectivity index (χ4v) is 2.64. The Bertz CT molecular complexity index is 359. The maximum atomic E-state index is 11.7. The highest BCUT2D eigenvalue weighted by Gasteiger charge is 2.21. The van der Waals surface area contributed by atoms with Gasteiger partial charge < -0.3 is 10.5 Å². The molecule has 0 radical (unpaired) electrons. The number of thiazole rings is 1. The molecule has 16 heavy (non-hydrogen) atoms. The van der Waals surface area contributed by atoms with Crippen LogP contribution in [0.3, 0.4) is 0 Å². The van der Waals surface area contributed by atoms with E-state index in [4.69, 9.17) is 10.5 Å². The van der Waals surface area contributed by atoms with E-state index in [-0.39, 0.29) is 12.1 Å². The molecule has 88 valence electrons. The monoisotopic (exact) mass is 240 g/mol. The maximum absolute atomic E-state index is 11.7. The van der Waals surface area contributed by atoms with Crippen LogP contribution in [-0.2, 0) is 11.2 Å². The third-order valence-electron chi connectivity index (χ3n) is 2.69. The van der Waals surface area contributed by atoms with E-state index < -0.39 is 0 Å². The summed E-state index contributed by atoms with van der Waals surface area (Å²) in [6.45, 7) is 0.560. The number of hydrogen-bond acceptors (Lipinski definition) is 5. The van der Waals surface area contributed by atoms with E-state index in [1.54, 1.807) is 5.38 Å². The second-order valence-corrected chi connectivity index (χ2v) is 4.92. The first-order valence-electron chi connectivity index (χ1n) is 5.65. The summed E-state index contributed by atoms with van der Waals surface area (Å²) in [5.41, 5.74) is 5.86. The van der Waals surface area contributed by atoms with Gasteiger partial charge in [0.15, 0.2) is 5.69 Å². The van der Waals surface area contributed by atoms with Gasteiger partial charge in [0.2, 0.25) is 0 Å². The number of carbonyl (C=O) groups is 1. The highest BCUT2D eigenvalue weighted by molar-refractivity contribution is 7.09. The van der Waals surface area contributed by atoms with Gasteiger partial charge in [0, 0.05) is 11.8 Å². The molecule has 1 aliphatic rings. The Kier molecular flexibility index (Phi) is 3.90. The molecule has 1 heterocycles. The third kappa shape index (κ3) is 2.80. The molecule has 0 saturated heterocycles. The molecule has 1 saturated carbocycles. The molecule has 0 unspecified atom stereocenters. The van der Waals surface area contributed by atoms with Gasteiger partial charge in [-0.15, -0.1) is 11.3 Å². The molecule has 2 rings (SSSR count). The van der Waals surface area contributed by atoms with E-state index in [1.807, 2.05) is 0 Å². The lowest BCUT2D eigenvalue weighted by Crippen LogP contribution is -2.15. The Balaban J connectivity index is 1.91. The van der Waals surface area contributed by atoms with Crippen LogP contribution in [0.5, 0.6) is 0 Å². The topological polar surface area (TPSA) is 65.2 Å². The lowest BCUT2D eigenvalue weighted by molar-refractivity contribution is 0.0311. The minimum Gasteiger partial charge on any atom is -0.458 e. The zero-order valence-electron chi connectivity index (χ0n) is 9.15. The normalized spacial score (nSPS) is 16.6. The van der Waals surface area contributed by atoms with Crippen LogP contribution in [0.2, 0.25) is 0 Å². The standard InChI is InChI=1S/C11H16N2O2S/c12-6-5-10-13-9(7-16-10)11(14)15-8-3-1-2-4-8/h7-8H,1-6,12H2. The van der Waals surface area contributed by atoms with Crippen molar-refractivity contribution in [2.75, 3.05) is 6.54 Å². The van der Waals surface area contributed by atoms with Crippen LogP contribution >= 0.6 is 11.3 Å². The molecular formula is C11H16N2O2S. The van der Waals surface area contributed by atoms with Crippen molar-refractivity contribution in [2.24, 2.45) is 5.73 Å². The van der Waals surface area contributed by atoms with E-state index in [1.165, 1.54) is 11.3 Å². The van der Waals surface area contributed by atoms with Crippen molar-refractivity contribution in [3.05, 3.63) is 16.1 Å². The summed E-state index contributed by atoms with van der Waals surface area (Å²) in [6.07, 6.45) is 5.13. The van der Waals surface area contributed by atoms with Crippen LogP contribution in [0.15, 0.2) is 5.38 Å². The average molecular weight is 240 g/mol. The Morgan fingerprint density at radius 2 is 2.31 bits per heavy atom. The van der Waals surface area contributed by atoms with E-state index >= 15 is 0 Å². The summed E-state index contributed by atoms with van der Waals surface area (Å²) in [7, 11) is 0. The van der Waals surface area contributed by atoms with Crippen molar-refractivity contribution in [1.82, 2.24) is 4.98 Å². The molecule has 4 nitrogen and oxygen atoms in total. The third-order valence-corrected chi connectivity index (χ3v) is 3.60. The quantitative estimate of drug-likeness (QED) is 0.814. The highest BCUT2D eigenvalue weighted by Crippen LogP contribution is 2.22. The number of carbonyl (C=O) groups excluding carboxylic acids is 1. The van der Waals surface area contributed by atoms with Crippen molar-refractivity contribution in [3.8, 4) is 0 Å². The van der Waals surface area contributed by atoms with E-state index in [2.05, 4.69) is 4.98 Å². The Morgan fingerprint density at radius 3 is 3.00 bits per heavy atom. The van der Waals surface area contributed by atoms with E-state index in [9.17, 15) is 4.79 Å². The largest absolute Gasteiger partial charge is 0.458 e. The van der Waals surface area contributed by atoms with Gasteiger partial charge in [-0.25, -0.2) is 9.78 Å². The van der Waals surface area contributed by atoms with Crippen LogP contribution < -0.4 is 5.73 Å². The lowest BCUT2D eigenvalue weighted by Gasteiger charge is -2.09. The zero-order chi connectivity index (χ0) is 11.4. The fraction of sp³-hybridized carbons (Fsp3) is 0.636. The number of hydrogen-bond donors (Lipinski definition) is 1. The van der Waals surface area contributed by atoms with Gasteiger partial charge in [-0.05, 0) is 32.2 Å². The molecule has 1 aliphatic carbocycles. The summed E-state index contributed by atoms with van der Waals surface area (Å²) in [5.74, 6) is -0.286. The molecule has 1 fully saturated rings. The van der Waals surface area contributed by atoms with Crippen molar-refractivity contribution in [3.63, 3.8) is 0 Å². The summed E-state index contributed by atoms with van der Waals surface area (Å²) in [4.78, 5) is 15.9. The molecule has 2 N–H and O–H groups in total. The van der Waals surface area contributed by atoms with Gasteiger partial charge >= 0.3 is 5.97 Å². The summed E-state index contributed by atoms with van der Waals surface area (Å²) in [6, 6.07) is 0. The van der Waals surface area contributed by atoms with Crippen LogP contribution in [0, 0.1) is 0 Å². The minimum absolute atomic E-state index is 0.104. The second kappa shape index (κ2) is 5.41. The first kappa shape index (κ1) is 11.5. The number of esters is 1. The second-order valence-electron chi connectivity index (χ2n) is 3.98. The van der Waals surface area contributed by atoms with Crippen LogP contribution in [0.1, 0.15) is 41.2 Å². The van der Waals surface area contributed by atoms with Crippen molar-refractivity contribution >= 4 is 17.3 Å². The summed E-state index contributed by atoms with van der Waals surface area (Å²) in [5, 5.41) is 2.66. The molecule has 5 heteroatoms. The minimum atomic E-state index is -0.286. The molecule has 1 aromatic rings. The predicted octanol–water partition coefficient (Wildman–Crippen LogP) is 1.74. The van der Waals surface area contributed by atoms with Gasteiger partial charge in [-0.1, -0.05) is 0 Å².